The van der Waals surface area contributed by atoms with Gasteiger partial charge in [-0.2, -0.15) is 0 Å². The molecule has 0 atom stereocenters. The Morgan fingerprint density at radius 2 is 1.44 bits per heavy atom. The molecule has 0 amide bonds. The van der Waals surface area contributed by atoms with Crippen molar-refractivity contribution in [2.75, 3.05) is 6.61 Å². The number of unbranched alkanes of at least 4 members (excludes halogenated alkanes) is 5. The number of carbonyl (C=O) groups excluding carboxylic acids is 2. The van der Waals surface area contributed by atoms with E-state index in [0.29, 0.717) is 6.61 Å². The Morgan fingerprint density at radius 1 is 0.889 bits per heavy atom. The van der Waals surface area contributed by atoms with E-state index in [1.165, 1.54) is 19.3 Å². The van der Waals surface area contributed by atoms with Crippen LogP contribution in [0.3, 0.4) is 0 Å². The van der Waals surface area contributed by atoms with Crippen molar-refractivity contribution in [2.24, 2.45) is 0 Å². The molecule has 0 unspecified atom stereocenters. The van der Waals surface area contributed by atoms with Gasteiger partial charge in [-0.15, -0.1) is 0 Å². The maximum absolute atomic E-state index is 11.3. The molecule has 0 rings (SSSR count). The van der Waals surface area contributed by atoms with Crippen molar-refractivity contribution in [2.45, 2.75) is 71.8 Å². The SMILES string of the molecule is CCCCCCCCOC(=O)C(=O)OC(C)(C)C. The van der Waals surface area contributed by atoms with Gasteiger partial charge in [0.25, 0.3) is 0 Å². The lowest BCUT2D eigenvalue weighted by atomic mass is 10.1. The van der Waals surface area contributed by atoms with Gasteiger partial charge in [0.2, 0.25) is 0 Å². The van der Waals surface area contributed by atoms with Crippen molar-refractivity contribution < 1.29 is 19.1 Å². The van der Waals surface area contributed by atoms with Crippen molar-refractivity contribution in [3.63, 3.8) is 0 Å². The number of esters is 2. The highest BCUT2D eigenvalue weighted by molar-refractivity contribution is 6.29. The molecule has 4 nitrogen and oxygen atoms in total. The summed E-state index contributed by atoms with van der Waals surface area (Å²) in [4.78, 5) is 22.5. The van der Waals surface area contributed by atoms with E-state index in [2.05, 4.69) is 6.92 Å². The normalized spacial score (nSPS) is 11.1. The van der Waals surface area contributed by atoms with E-state index in [0.717, 1.165) is 19.3 Å². The fourth-order valence-corrected chi connectivity index (χ4v) is 1.43. The van der Waals surface area contributed by atoms with Crippen molar-refractivity contribution in [1.29, 1.82) is 0 Å². The quantitative estimate of drug-likeness (QED) is 0.399. The summed E-state index contributed by atoms with van der Waals surface area (Å²) in [5.74, 6) is -1.80. The van der Waals surface area contributed by atoms with Crippen LogP contribution >= 0.6 is 0 Å². The summed E-state index contributed by atoms with van der Waals surface area (Å²) in [5, 5.41) is 0. The van der Waals surface area contributed by atoms with E-state index in [-0.39, 0.29) is 0 Å². The molecule has 0 aliphatic carbocycles. The zero-order valence-electron chi connectivity index (χ0n) is 12.1. The largest absolute Gasteiger partial charge is 0.457 e. The lowest BCUT2D eigenvalue weighted by Crippen LogP contribution is -2.30. The zero-order valence-corrected chi connectivity index (χ0v) is 12.1. The molecule has 18 heavy (non-hydrogen) atoms. The standard InChI is InChI=1S/C14H26O4/c1-5-6-7-8-9-10-11-17-12(15)13(16)18-14(2,3)4/h5-11H2,1-4H3. The Labute approximate surface area is 110 Å². The predicted molar refractivity (Wildman–Crippen MR) is 70.2 cm³/mol. The number of hydrogen-bond acceptors (Lipinski definition) is 4. The van der Waals surface area contributed by atoms with Crippen LogP contribution in [0.1, 0.15) is 66.2 Å². The summed E-state index contributed by atoms with van der Waals surface area (Å²) < 4.78 is 9.74. The van der Waals surface area contributed by atoms with Crippen molar-refractivity contribution >= 4 is 11.9 Å². The van der Waals surface area contributed by atoms with Gasteiger partial charge in [0.1, 0.15) is 5.60 Å². The maximum Gasteiger partial charge on any atom is 0.417 e. The van der Waals surface area contributed by atoms with Gasteiger partial charge < -0.3 is 9.47 Å². The van der Waals surface area contributed by atoms with Gasteiger partial charge in [0.05, 0.1) is 6.61 Å². The van der Waals surface area contributed by atoms with Crippen LogP contribution in [0.15, 0.2) is 0 Å². The van der Waals surface area contributed by atoms with E-state index in [1.54, 1.807) is 20.8 Å². The predicted octanol–water partition coefficient (Wildman–Crippen LogP) is 3.23. The van der Waals surface area contributed by atoms with E-state index in [1.807, 2.05) is 0 Å². The fraction of sp³-hybridized carbons (Fsp3) is 0.857. The zero-order chi connectivity index (χ0) is 14.0. The molecule has 0 N–H and O–H groups in total. The molecule has 0 aromatic rings. The first-order valence-corrected chi connectivity index (χ1v) is 6.77. The Hall–Kier alpha value is -1.06. The average Bonchev–Trinajstić information content (AvgIpc) is 2.25. The van der Waals surface area contributed by atoms with Crippen LogP contribution < -0.4 is 0 Å². The van der Waals surface area contributed by atoms with Crippen LogP contribution in [0.4, 0.5) is 0 Å². The molecule has 0 aliphatic heterocycles. The molecule has 0 aromatic heterocycles. The third-order valence-corrected chi connectivity index (χ3v) is 2.30. The molecule has 0 aromatic carbocycles. The molecule has 4 heteroatoms. The summed E-state index contributed by atoms with van der Waals surface area (Å²) in [6, 6.07) is 0. The molecule has 0 fully saturated rings. The lowest BCUT2D eigenvalue weighted by Gasteiger charge is -2.18. The molecule has 0 aliphatic rings. The van der Waals surface area contributed by atoms with Crippen molar-refractivity contribution in [3.05, 3.63) is 0 Å². The second-order valence-electron chi connectivity index (χ2n) is 5.41. The second-order valence-corrected chi connectivity index (χ2v) is 5.41. The van der Waals surface area contributed by atoms with Gasteiger partial charge in [-0.3, -0.25) is 0 Å². The minimum atomic E-state index is -0.909. The number of carbonyl (C=O) groups is 2. The van der Waals surface area contributed by atoms with Gasteiger partial charge >= 0.3 is 11.9 Å². The average molecular weight is 258 g/mol. The highest BCUT2D eigenvalue weighted by Gasteiger charge is 2.23. The van der Waals surface area contributed by atoms with Crippen molar-refractivity contribution in [3.8, 4) is 0 Å². The highest BCUT2D eigenvalue weighted by atomic mass is 16.6. The van der Waals surface area contributed by atoms with Crippen molar-refractivity contribution in [1.82, 2.24) is 0 Å². The van der Waals surface area contributed by atoms with Crippen LogP contribution in [0.2, 0.25) is 0 Å². The molecule has 0 radical (unpaired) electrons. The molecule has 0 spiro atoms. The lowest BCUT2D eigenvalue weighted by molar-refractivity contribution is -0.174. The van der Waals surface area contributed by atoms with Gasteiger partial charge in [-0.1, -0.05) is 39.0 Å². The molecule has 106 valence electrons. The number of rotatable bonds is 7. The van der Waals surface area contributed by atoms with E-state index in [9.17, 15) is 9.59 Å². The Bertz CT molecular complexity index is 253. The molecule has 0 saturated carbocycles. The monoisotopic (exact) mass is 258 g/mol. The second kappa shape index (κ2) is 8.95. The Balaban J connectivity index is 3.56. The third kappa shape index (κ3) is 10.1. The van der Waals surface area contributed by atoms with E-state index in [4.69, 9.17) is 9.47 Å². The first kappa shape index (κ1) is 16.9. The van der Waals surface area contributed by atoms with Crippen LogP contribution in [-0.2, 0) is 19.1 Å². The van der Waals surface area contributed by atoms with E-state index < -0.39 is 17.5 Å². The van der Waals surface area contributed by atoms with Gasteiger partial charge in [0.15, 0.2) is 0 Å². The van der Waals surface area contributed by atoms with Crippen LogP contribution in [0, 0.1) is 0 Å². The first-order chi connectivity index (χ1) is 8.37. The smallest absolute Gasteiger partial charge is 0.417 e. The summed E-state index contributed by atoms with van der Waals surface area (Å²) >= 11 is 0. The Morgan fingerprint density at radius 3 is 2.00 bits per heavy atom. The van der Waals surface area contributed by atoms with Gasteiger partial charge in [-0.05, 0) is 27.2 Å². The Kier molecular flexibility index (Phi) is 8.42. The fourth-order valence-electron chi connectivity index (χ4n) is 1.43. The minimum Gasteiger partial charge on any atom is -0.457 e. The number of ether oxygens (including phenoxy) is 2. The van der Waals surface area contributed by atoms with Gasteiger partial charge in [0, 0.05) is 0 Å². The summed E-state index contributed by atoms with van der Waals surface area (Å²) in [5.41, 5.74) is -0.656. The molecular formula is C14H26O4. The molecule has 0 bridgehead atoms. The van der Waals surface area contributed by atoms with Crippen LogP contribution in [0.25, 0.3) is 0 Å². The third-order valence-electron chi connectivity index (χ3n) is 2.30. The number of hydrogen-bond donors (Lipinski definition) is 0. The maximum atomic E-state index is 11.3. The first-order valence-electron chi connectivity index (χ1n) is 6.77. The summed E-state index contributed by atoms with van der Waals surface area (Å²) in [6.45, 7) is 7.61. The topological polar surface area (TPSA) is 52.6 Å². The van der Waals surface area contributed by atoms with Gasteiger partial charge in [-0.25, -0.2) is 9.59 Å². The minimum absolute atomic E-state index is 0.296. The van der Waals surface area contributed by atoms with E-state index >= 15 is 0 Å². The highest BCUT2D eigenvalue weighted by Crippen LogP contribution is 2.08. The molecule has 0 heterocycles. The summed E-state index contributed by atoms with van der Waals surface area (Å²) in [6.07, 6.45) is 6.67. The van der Waals surface area contributed by atoms with Crippen LogP contribution in [0.5, 0.6) is 0 Å². The summed E-state index contributed by atoms with van der Waals surface area (Å²) in [7, 11) is 0. The molecular weight excluding hydrogens is 232 g/mol. The molecule has 0 saturated heterocycles. The van der Waals surface area contributed by atoms with Crippen LogP contribution in [-0.4, -0.2) is 24.1 Å².